The van der Waals surface area contributed by atoms with Crippen molar-refractivity contribution in [3.05, 3.63) is 59.6 Å². The van der Waals surface area contributed by atoms with E-state index in [0.717, 1.165) is 39.0 Å². The van der Waals surface area contributed by atoms with Gasteiger partial charge in [-0.1, -0.05) is 24.3 Å². The molecular formula is C22H18N2O4S. The number of aromatic nitrogens is 1. The Morgan fingerprint density at radius 3 is 2.45 bits per heavy atom. The summed E-state index contributed by atoms with van der Waals surface area (Å²) in [5.74, 6) is 0.667. The molecule has 0 atom stereocenters. The van der Waals surface area contributed by atoms with Gasteiger partial charge in [-0.25, -0.2) is 9.78 Å². The van der Waals surface area contributed by atoms with Crippen molar-refractivity contribution in [3.8, 4) is 33.8 Å². The van der Waals surface area contributed by atoms with Gasteiger partial charge in [-0.05, 0) is 41.0 Å². The summed E-state index contributed by atoms with van der Waals surface area (Å²) in [4.78, 5) is 15.9. The van der Waals surface area contributed by atoms with Crippen LogP contribution in [-0.2, 0) is 0 Å². The number of nitrogens with zero attached hydrogens (tertiary/aromatic N) is 1. The molecule has 0 radical (unpaired) electrons. The molecule has 6 nitrogen and oxygen atoms in total. The molecule has 29 heavy (non-hydrogen) atoms. The lowest BCUT2D eigenvalue weighted by Gasteiger charge is -2.11. The van der Waals surface area contributed by atoms with Gasteiger partial charge in [-0.15, -0.1) is 11.3 Å². The van der Waals surface area contributed by atoms with E-state index in [-0.39, 0.29) is 4.88 Å². The molecule has 0 bridgehead atoms. The predicted octanol–water partition coefficient (Wildman–Crippen LogP) is 4.93. The molecule has 2 aromatic carbocycles. The van der Waals surface area contributed by atoms with Crippen LogP contribution < -0.4 is 15.2 Å². The number of hydrogen-bond donors (Lipinski definition) is 2. The number of aromatic carboxylic acids is 1. The largest absolute Gasteiger partial charge is 0.493 e. The number of rotatable bonds is 5. The SMILES string of the molecule is COc1ccc(-c2cccc(-c3cnc(N)c4sc(C(=O)O)cc34)c2)cc1OC. The van der Waals surface area contributed by atoms with Crippen LogP contribution in [0.2, 0.25) is 0 Å². The lowest BCUT2D eigenvalue weighted by Crippen LogP contribution is -1.92. The zero-order valence-electron chi connectivity index (χ0n) is 15.8. The number of fused-ring (bicyclic) bond motifs is 1. The molecule has 0 aliphatic carbocycles. The van der Waals surface area contributed by atoms with Gasteiger partial charge in [0.05, 0.1) is 18.9 Å². The second-order valence-corrected chi connectivity index (χ2v) is 7.42. The molecule has 0 saturated carbocycles. The average molecular weight is 406 g/mol. The van der Waals surface area contributed by atoms with E-state index < -0.39 is 5.97 Å². The summed E-state index contributed by atoms with van der Waals surface area (Å²) in [6, 6.07) is 15.4. The van der Waals surface area contributed by atoms with Crippen LogP contribution in [0.5, 0.6) is 11.5 Å². The van der Waals surface area contributed by atoms with Crippen molar-refractivity contribution in [2.45, 2.75) is 0 Å². The third-order valence-corrected chi connectivity index (χ3v) is 5.83. The number of pyridine rings is 1. The van der Waals surface area contributed by atoms with Crippen LogP contribution in [-0.4, -0.2) is 30.3 Å². The number of benzene rings is 2. The van der Waals surface area contributed by atoms with Crippen LogP contribution in [0.15, 0.2) is 54.7 Å². The van der Waals surface area contributed by atoms with Crippen molar-refractivity contribution in [1.82, 2.24) is 4.98 Å². The van der Waals surface area contributed by atoms with E-state index in [9.17, 15) is 9.90 Å². The van der Waals surface area contributed by atoms with Gasteiger partial charge in [0.15, 0.2) is 11.5 Å². The zero-order chi connectivity index (χ0) is 20.5. The maximum Gasteiger partial charge on any atom is 0.345 e. The number of hydrogen-bond acceptors (Lipinski definition) is 6. The Bertz CT molecular complexity index is 1230. The number of methoxy groups -OCH3 is 2. The molecule has 0 aliphatic rings. The number of carboxylic acid groups (broad SMARTS) is 1. The summed E-state index contributed by atoms with van der Waals surface area (Å²) in [6.07, 6.45) is 1.68. The number of carboxylic acids is 1. The third kappa shape index (κ3) is 3.36. The fraction of sp³-hybridized carbons (Fsp3) is 0.0909. The van der Waals surface area contributed by atoms with Gasteiger partial charge >= 0.3 is 5.97 Å². The molecule has 146 valence electrons. The van der Waals surface area contributed by atoms with Gasteiger partial charge in [0, 0.05) is 17.1 Å². The van der Waals surface area contributed by atoms with E-state index in [1.54, 1.807) is 26.5 Å². The second-order valence-electron chi connectivity index (χ2n) is 6.37. The predicted molar refractivity (Wildman–Crippen MR) is 115 cm³/mol. The smallest absolute Gasteiger partial charge is 0.345 e. The minimum Gasteiger partial charge on any atom is -0.493 e. The molecule has 2 heterocycles. The fourth-order valence-corrected chi connectivity index (χ4v) is 4.18. The highest BCUT2D eigenvalue weighted by Crippen LogP contribution is 2.38. The first kappa shape index (κ1) is 18.8. The van der Waals surface area contributed by atoms with Crippen LogP contribution in [0.4, 0.5) is 5.82 Å². The third-order valence-electron chi connectivity index (χ3n) is 4.69. The number of carbonyl (C=O) groups is 1. The number of nitrogen functional groups attached to an aromatic ring is 1. The molecule has 2 aromatic heterocycles. The summed E-state index contributed by atoms with van der Waals surface area (Å²) in [5, 5.41) is 10.1. The van der Waals surface area contributed by atoms with Gasteiger partial charge in [0.25, 0.3) is 0 Å². The number of nitrogens with two attached hydrogens (primary N) is 1. The summed E-state index contributed by atoms with van der Waals surface area (Å²) in [7, 11) is 3.20. The van der Waals surface area contributed by atoms with Crippen LogP contribution in [0, 0.1) is 0 Å². The van der Waals surface area contributed by atoms with Crippen molar-refractivity contribution in [2.75, 3.05) is 20.0 Å². The molecular weight excluding hydrogens is 388 g/mol. The van der Waals surface area contributed by atoms with E-state index in [4.69, 9.17) is 15.2 Å². The minimum absolute atomic E-state index is 0.233. The van der Waals surface area contributed by atoms with Crippen molar-refractivity contribution in [1.29, 1.82) is 0 Å². The first-order valence-corrected chi connectivity index (χ1v) is 9.57. The summed E-state index contributed by atoms with van der Waals surface area (Å²) in [6.45, 7) is 0. The molecule has 0 aliphatic heterocycles. The Balaban J connectivity index is 1.84. The van der Waals surface area contributed by atoms with Crippen LogP contribution >= 0.6 is 11.3 Å². The molecule has 4 rings (SSSR count). The zero-order valence-corrected chi connectivity index (χ0v) is 16.6. The fourth-order valence-electron chi connectivity index (χ4n) is 3.26. The molecule has 4 aromatic rings. The Kier molecular flexibility index (Phi) is 4.82. The first-order valence-electron chi connectivity index (χ1n) is 8.76. The lowest BCUT2D eigenvalue weighted by molar-refractivity contribution is 0.0702. The van der Waals surface area contributed by atoms with Crippen molar-refractivity contribution in [3.63, 3.8) is 0 Å². The van der Waals surface area contributed by atoms with E-state index in [1.165, 1.54) is 0 Å². The van der Waals surface area contributed by atoms with Gasteiger partial charge < -0.3 is 20.3 Å². The molecule has 0 amide bonds. The Hall–Kier alpha value is -3.58. The standard InChI is InChI=1S/C22H18N2O4S/c1-27-17-7-6-13(9-18(17)28-2)12-4-3-5-14(8-12)16-11-24-21(23)20-15(16)10-19(29-20)22(25)26/h3-11H,1-2H3,(H2,23,24)(H,25,26). The van der Waals surface area contributed by atoms with Gasteiger partial charge in [0.2, 0.25) is 0 Å². The maximum absolute atomic E-state index is 11.4. The highest BCUT2D eigenvalue weighted by atomic mass is 32.1. The number of thiophene rings is 1. The molecule has 0 saturated heterocycles. The number of anilines is 1. The first-order chi connectivity index (χ1) is 14.0. The molecule has 3 N–H and O–H groups in total. The van der Waals surface area contributed by atoms with Crippen molar-refractivity contribution >= 4 is 33.2 Å². The van der Waals surface area contributed by atoms with E-state index in [2.05, 4.69) is 4.98 Å². The molecule has 0 unspecified atom stereocenters. The van der Waals surface area contributed by atoms with Gasteiger partial charge in [-0.3, -0.25) is 0 Å². The highest BCUT2D eigenvalue weighted by Gasteiger charge is 2.16. The second kappa shape index (κ2) is 7.44. The van der Waals surface area contributed by atoms with Crippen LogP contribution in [0.25, 0.3) is 32.3 Å². The number of ether oxygens (including phenoxy) is 2. The Labute approximate surface area is 171 Å². The van der Waals surface area contributed by atoms with E-state index in [1.807, 2.05) is 42.5 Å². The summed E-state index contributed by atoms with van der Waals surface area (Å²) in [5.41, 5.74) is 9.69. The maximum atomic E-state index is 11.4. The minimum atomic E-state index is -0.976. The Morgan fingerprint density at radius 2 is 1.72 bits per heavy atom. The van der Waals surface area contributed by atoms with Crippen molar-refractivity contribution < 1.29 is 19.4 Å². The highest BCUT2D eigenvalue weighted by molar-refractivity contribution is 7.21. The lowest BCUT2D eigenvalue weighted by atomic mass is 9.98. The molecule has 0 spiro atoms. The molecule has 7 heteroatoms. The van der Waals surface area contributed by atoms with Crippen LogP contribution in [0.3, 0.4) is 0 Å². The Morgan fingerprint density at radius 1 is 1.00 bits per heavy atom. The topological polar surface area (TPSA) is 94.7 Å². The van der Waals surface area contributed by atoms with E-state index in [0.29, 0.717) is 22.0 Å². The van der Waals surface area contributed by atoms with E-state index >= 15 is 0 Å². The van der Waals surface area contributed by atoms with Crippen molar-refractivity contribution in [2.24, 2.45) is 0 Å². The summed E-state index contributed by atoms with van der Waals surface area (Å²) >= 11 is 1.13. The van der Waals surface area contributed by atoms with Gasteiger partial charge in [0.1, 0.15) is 10.7 Å². The quantitative estimate of drug-likeness (QED) is 0.488. The molecule has 0 fully saturated rings. The van der Waals surface area contributed by atoms with Crippen LogP contribution in [0.1, 0.15) is 9.67 Å². The average Bonchev–Trinajstić information content (AvgIpc) is 3.20. The van der Waals surface area contributed by atoms with Gasteiger partial charge in [-0.2, -0.15) is 0 Å². The summed E-state index contributed by atoms with van der Waals surface area (Å²) < 4.78 is 11.4. The normalized spacial score (nSPS) is 10.8. The monoisotopic (exact) mass is 406 g/mol.